The van der Waals surface area contributed by atoms with Crippen molar-refractivity contribution in [2.45, 2.75) is 18.9 Å². The first kappa shape index (κ1) is 16.9. The van der Waals surface area contributed by atoms with Gasteiger partial charge in [0.25, 0.3) is 5.69 Å². The molecule has 1 aliphatic heterocycles. The first-order chi connectivity index (χ1) is 12.2. The maximum Gasteiger partial charge on any atom is 0.270 e. The predicted molar refractivity (Wildman–Crippen MR) is 94.2 cm³/mol. The Balaban J connectivity index is 1.73. The van der Waals surface area contributed by atoms with Crippen LogP contribution >= 0.6 is 0 Å². The molecule has 0 spiro atoms. The normalized spacial score (nSPS) is 19.8. The number of nitro groups is 1. The summed E-state index contributed by atoms with van der Waals surface area (Å²) in [6.07, 6.45) is 2.05. The van der Waals surface area contributed by atoms with Gasteiger partial charge in [-0.05, 0) is 24.5 Å². The summed E-state index contributed by atoms with van der Waals surface area (Å²) in [5.41, 5.74) is 1.97. The Morgan fingerprint density at radius 3 is 2.80 bits per heavy atom. The third-order valence-electron chi connectivity index (χ3n) is 4.46. The Morgan fingerprint density at radius 2 is 2.08 bits per heavy atom. The molecule has 1 saturated heterocycles. The first-order valence-corrected chi connectivity index (χ1v) is 8.28. The minimum absolute atomic E-state index is 0.0195. The molecule has 1 fully saturated rings. The lowest BCUT2D eigenvalue weighted by Crippen LogP contribution is -2.28. The smallest absolute Gasteiger partial charge is 0.270 e. The number of nitrogens with zero attached hydrogens (tertiary/aromatic N) is 2. The van der Waals surface area contributed by atoms with E-state index in [1.807, 2.05) is 24.3 Å². The highest BCUT2D eigenvalue weighted by atomic mass is 16.6. The number of benzene rings is 2. The maximum absolute atomic E-state index is 10.8. The molecule has 1 N–H and O–H groups in total. The Labute approximate surface area is 146 Å². The van der Waals surface area contributed by atoms with Gasteiger partial charge in [-0.15, -0.1) is 0 Å². The number of anilines is 1. The Hall–Kier alpha value is -2.91. The van der Waals surface area contributed by atoms with Gasteiger partial charge in [0.1, 0.15) is 6.07 Å². The van der Waals surface area contributed by atoms with Gasteiger partial charge in [0, 0.05) is 31.2 Å². The highest BCUT2D eigenvalue weighted by Gasteiger charge is 2.27. The lowest BCUT2D eigenvalue weighted by atomic mass is 9.89. The van der Waals surface area contributed by atoms with Crippen LogP contribution in [0.4, 0.5) is 11.4 Å². The van der Waals surface area contributed by atoms with E-state index in [4.69, 9.17) is 4.74 Å². The van der Waals surface area contributed by atoms with Crippen molar-refractivity contribution in [3.63, 3.8) is 0 Å². The fourth-order valence-corrected chi connectivity index (χ4v) is 3.20. The van der Waals surface area contributed by atoms with Crippen molar-refractivity contribution in [2.75, 3.05) is 18.5 Å². The van der Waals surface area contributed by atoms with E-state index in [0.717, 1.165) is 25.0 Å². The summed E-state index contributed by atoms with van der Waals surface area (Å²) in [5.74, 6) is 0.276. The molecule has 6 nitrogen and oxygen atoms in total. The SMILES string of the molecule is N#Cc1cc([N+](=O)[O-])ccc1NCC1CCCOC1c1ccccc1. The maximum atomic E-state index is 10.8. The third kappa shape index (κ3) is 3.95. The van der Waals surface area contributed by atoms with Gasteiger partial charge < -0.3 is 10.1 Å². The van der Waals surface area contributed by atoms with E-state index in [9.17, 15) is 15.4 Å². The van der Waals surface area contributed by atoms with Crippen LogP contribution in [0.5, 0.6) is 0 Å². The molecule has 1 heterocycles. The highest BCUT2D eigenvalue weighted by Crippen LogP contribution is 2.34. The van der Waals surface area contributed by atoms with Crippen molar-refractivity contribution in [1.82, 2.24) is 0 Å². The predicted octanol–water partition coefficient (Wildman–Crippen LogP) is 4.05. The van der Waals surface area contributed by atoms with E-state index >= 15 is 0 Å². The van der Waals surface area contributed by atoms with Crippen molar-refractivity contribution in [3.8, 4) is 6.07 Å². The molecule has 0 aromatic heterocycles. The van der Waals surface area contributed by atoms with Crippen LogP contribution in [0, 0.1) is 27.4 Å². The van der Waals surface area contributed by atoms with E-state index in [0.29, 0.717) is 12.2 Å². The molecule has 25 heavy (non-hydrogen) atoms. The average Bonchev–Trinajstić information content (AvgIpc) is 2.67. The Kier molecular flexibility index (Phi) is 5.26. The molecular formula is C19H19N3O3. The topological polar surface area (TPSA) is 88.2 Å². The zero-order chi connectivity index (χ0) is 17.6. The molecule has 0 radical (unpaired) electrons. The largest absolute Gasteiger partial charge is 0.384 e. The highest BCUT2D eigenvalue weighted by molar-refractivity contribution is 5.61. The first-order valence-electron chi connectivity index (χ1n) is 8.28. The van der Waals surface area contributed by atoms with Gasteiger partial charge >= 0.3 is 0 Å². The summed E-state index contributed by atoms with van der Waals surface area (Å²) in [5, 5.41) is 23.4. The fourth-order valence-electron chi connectivity index (χ4n) is 3.20. The van der Waals surface area contributed by atoms with E-state index in [-0.39, 0.29) is 23.3 Å². The molecule has 2 aromatic carbocycles. The summed E-state index contributed by atoms with van der Waals surface area (Å²) in [6.45, 7) is 1.39. The second-order valence-corrected chi connectivity index (χ2v) is 6.08. The number of hydrogen-bond acceptors (Lipinski definition) is 5. The molecule has 2 aromatic rings. The molecule has 0 saturated carbocycles. The molecule has 3 rings (SSSR count). The van der Waals surface area contributed by atoms with Crippen molar-refractivity contribution >= 4 is 11.4 Å². The van der Waals surface area contributed by atoms with Crippen LogP contribution in [0.25, 0.3) is 0 Å². The number of nitriles is 1. The van der Waals surface area contributed by atoms with Crippen LogP contribution in [0.3, 0.4) is 0 Å². The summed E-state index contributed by atoms with van der Waals surface area (Å²) >= 11 is 0. The summed E-state index contributed by atoms with van der Waals surface area (Å²) in [6, 6.07) is 16.4. The van der Waals surface area contributed by atoms with Crippen LogP contribution in [0.1, 0.15) is 30.1 Å². The number of hydrogen-bond donors (Lipinski definition) is 1. The van der Waals surface area contributed by atoms with Gasteiger partial charge in [0.05, 0.1) is 22.3 Å². The minimum atomic E-state index is -0.495. The van der Waals surface area contributed by atoms with Gasteiger partial charge in [-0.25, -0.2) is 0 Å². The zero-order valence-corrected chi connectivity index (χ0v) is 13.7. The molecule has 2 unspecified atom stereocenters. The van der Waals surface area contributed by atoms with Crippen molar-refractivity contribution in [2.24, 2.45) is 5.92 Å². The standard InChI is InChI=1S/C19H19N3O3/c20-12-16-11-17(22(23)24)8-9-18(16)21-13-15-7-4-10-25-19(15)14-5-2-1-3-6-14/h1-3,5-6,8-9,11,15,19,21H,4,7,10,13H2. The molecule has 2 atom stereocenters. The van der Waals surface area contributed by atoms with Gasteiger partial charge in [0.2, 0.25) is 0 Å². The lowest BCUT2D eigenvalue weighted by Gasteiger charge is -2.32. The number of nitro benzene ring substituents is 1. The molecular weight excluding hydrogens is 318 g/mol. The number of rotatable bonds is 5. The van der Waals surface area contributed by atoms with E-state index < -0.39 is 4.92 Å². The van der Waals surface area contributed by atoms with Crippen molar-refractivity contribution in [3.05, 3.63) is 69.8 Å². The zero-order valence-electron chi connectivity index (χ0n) is 13.7. The third-order valence-corrected chi connectivity index (χ3v) is 4.46. The number of nitrogens with one attached hydrogen (secondary N) is 1. The lowest BCUT2D eigenvalue weighted by molar-refractivity contribution is -0.384. The quantitative estimate of drug-likeness (QED) is 0.657. The van der Waals surface area contributed by atoms with E-state index in [2.05, 4.69) is 17.4 Å². The molecule has 0 amide bonds. The van der Waals surface area contributed by atoms with E-state index in [1.165, 1.54) is 12.1 Å². The Morgan fingerprint density at radius 1 is 1.28 bits per heavy atom. The molecule has 0 aliphatic carbocycles. The van der Waals surface area contributed by atoms with Crippen LogP contribution < -0.4 is 5.32 Å². The average molecular weight is 337 g/mol. The van der Waals surface area contributed by atoms with E-state index in [1.54, 1.807) is 6.07 Å². The molecule has 6 heteroatoms. The second kappa shape index (κ2) is 7.77. The summed E-state index contributed by atoms with van der Waals surface area (Å²) < 4.78 is 5.98. The minimum Gasteiger partial charge on any atom is -0.384 e. The van der Waals surface area contributed by atoms with Crippen LogP contribution in [0.15, 0.2) is 48.5 Å². The van der Waals surface area contributed by atoms with Crippen LogP contribution in [0.2, 0.25) is 0 Å². The monoisotopic (exact) mass is 337 g/mol. The van der Waals surface area contributed by atoms with Gasteiger partial charge in [-0.3, -0.25) is 10.1 Å². The fraction of sp³-hybridized carbons (Fsp3) is 0.316. The van der Waals surface area contributed by atoms with Crippen LogP contribution in [-0.2, 0) is 4.74 Å². The second-order valence-electron chi connectivity index (χ2n) is 6.08. The number of non-ortho nitro benzene ring substituents is 1. The molecule has 128 valence electrons. The van der Waals surface area contributed by atoms with Gasteiger partial charge in [0.15, 0.2) is 0 Å². The molecule has 1 aliphatic rings. The summed E-state index contributed by atoms with van der Waals surface area (Å²) in [7, 11) is 0. The summed E-state index contributed by atoms with van der Waals surface area (Å²) in [4.78, 5) is 10.3. The van der Waals surface area contributed by atoms with Gasteiger partial charge in [-0.2, -0.15) is 5.26 Å². The van der Waals surface area contributed by atoms with Crippen molar-refractivity contribution < 1.29 is 9.66 Å². The molecule has 0 bridgehead atoms. The van der Waals surface area contributed by atoms with Crippen molar-refractivity contribution in [1.29, 1.82) is 5.26 Å². The van der Waals surface area contributed by atoms with Gasteiger partial charge in [-0.1, -0.05) is 30.3 Å². The number of ether oxygens (including phenoxy) is 1. The van der Waals surface area contributed by atoms with Crippen LogP contribution in [-0.4, -0.2) is 18.1 Å². The Bertz CT molecular complexity index is 786.